The Labute approximate surface area is 184 Å². The molecule has 1 amide bonds. The number of amides is 1. The van der Waals surface area contributed by atoms with Crippen LogP contribution in [0.1, 0.15) is 30.0 Å². The van der Waals surface area contributed by atoms with Crippen molar-refractivity contribution in [2.24, 2.45) is 0 Å². The summed E-state index contributed by atoms with van der Waals surface area (Å²) in [4.78, 5) is 24.4. The first kappa shape index (κ1) is 23.5. The number of benzene rings is 2. The van der Waals surface area contributed by atoms with Crippen LogP contribution in [0, 0.1) is 0 Å². The van der Waals surface area contributed by atoms with Crippen LogP contribution < -0.4 is 19.5 Å². The van der Waals surface area contributed by atoms with Gasteiger partial charge in [0.05, 0.1) is 40.9 Å². The zero-order valence-corrected chi connectivity index (χ0v) is 19.1. The minimum Gasteiger partial charge on any atom is -0.493 e. The van der Waals surface area contributed by atoms with E-state index in [2.05, 4.69) is 21.2 Å². The molecule has 0 aromatic heterocycles. The van der Waals surface area contributed by atoms with Crippen LogP contribution in [-0.2, 0) is 20.7 Å². The number of hydrogen-bond acceptors (Lipinski definition) is 6. The molecule has 0 aliphatic carbocycles. The molecule has 2 rings (SSSR count). The Morgan fingerprint density at radius 1 is 1.00 bits per heavy atom. The van der Waals surface area contributed by atoms with Gasteiger partial charge in [-0.3, -0.25) is 9.59 Å². The lowest BCUT2D eigenvalue weighted by atomic mass is 10.0. The minimum absolute atomic E-state index is 0.0445. The van der Waals surface area contributed by atoms with Crippen LogP contribution >= 0.6 is 15.9 Å². The molecule has 1 unspecified atom stereocenters. The molecule has 0 spiro atoms. The van der Waals surface area contributed by atoms with E-state index in [0.29, 0.717) is 23.7 Å². The summed E-state index contributed by atoms with van der Waals surface area (Å²) in [7, 11) is 5.95. The van der Waals surface area contributed by atoms with Gasteiger partial charge in [0.1, 0.15) is 0 Å². The first-order chi connectivity index (χ1) is 14.4. The lowest BCUT2D eigenvalue weighted by molar-refractivity contribution is -0.141. The van der Waals surface area contributed by atoms with Gasteiger partial charge < -0.3 is 24.3 Å². The normalized spacial score (nSPS) is 11.4. The Morgan fingerprint density at radius 3 is 2.20 bits per heavy atom. The summed E-state index contributed by atoms with van der Waals surface area (Å²) >= 11 is 3.42. The van der Waals surface area contributed by atoms with Crippen molar-refractivity contribution in [3.63, 3.8) is 0 Å². The second-order valence-corrected chi connectivity index (χ2v) is 7.40. The second-order valence-electron chi connectivity index (χ2n) is 6.49. The van der Waals surface area contributed by atoms with Crippen LogP contribution in [0.4, 0.5) is 0 Å². The molecule has 0 fully saturated rings. The van der Waals surface area contributed by atoms with Gasteiger partial charge in [-0.1, -0.05) is 28.1 Å². The molecule has 0 saturated carbocycles. The van der Waals surface area contributed by atoms with Crippen molar-refractivity contribution in [2.45, 2.75) is 25.3 Å². The minimum atomic E-state index is -0.484. The SMILES string of the molecule is COC(=O)CC(NC(=O)CCc1cc(OC)c(OC)c(OC)c1)c1cccc(Br)c1. The lowest BCUT2D eigenvalue weighted by Gasteiger charge is -2.19. The molecule has 0 radical (unpaired) electrons. The maximum Gasteiger partial charge on any atom is 0.307 e. The fourth-order valence-electron chi connectivity index (χ4n) is 3.03. The van der Waals surface area contributed by atoms with Gasteiger partial charge in [-0.15, -0.1) is 0 Å². The van der Waals surface area contributed by atoms with Crippen LogP contribution in [0.5, 0.6) is 17.2 Å². The predicted octanol–water partition coefficient (Wildman–Crippen LogP) is 3.83. The van der Waals surface area contributed by atoms with Crippen molar-refractivity contribution in [2.75, 3.05) is 28.4 Å². The van der Waals surface area contributed by atoms with E-state index in [-0.39, 0.29) is 18.7 Å². The summed E-state index contributed by atoms with van der Waals surface area (Å²) in [6, 6.07) is 10.6. The first-order valence-electron chi connectivity index (χ1n) is 9.32. The topological polar surface area (TPSA) is 83.1 Å². The second kappa shape index (κ2) is 11.4. The first-order valence-corrected chi connectivity index (χ1v) is 10.1. The third-order valence-electron chi connectivity index (χ3n) is 4.55. The highest BCUT2D eigenvalue weighted by Crippen LogP contribution is 2.38. The molecule has 1 atom stereocenters. The number of ether oxygens (including phenoxy) is 4. The number of carbonyl (C=O) groups is 2. The molecule has 162 valence electrons. The van der Waals surface area contributed by atoms with Crippen LogP contribution in [0.15, 0.2) is 40.9 Å². The number of nitrogens with one attached hydrogen (secondary N) is 1. The summed E-state index contributed by atoms with van der Waals surface area (Å²) in [5.41, 5.74) is 1.68. The molecule has 2 aromatic rings. The zero-order chi connectivity index (χ0) is 22.1. The van der Waals surface area contributed by atoms with E-state index < -0.39 is 12.0 Å². The monoisotopic (exact) mass is 479 g/mol. The third-order valence-corrected chi connectivity index (χ3v) is 5.04. The number of carbonyl (C=O) groups excluding carboxylic acids is 2. The molecule has 0 heterocycles. The van der Waals surface area contributed by atoms with Crippen molar-refractivity contribution >= 4 is 27.8 Å². The molecule has 0 aliphatic heterocycles. The highest BCUT2D eigenvalue weighted by atomic mass is 79.9. The standard InChI is InChI=1S/C22H26BrNO6/c1-27-18-10-14(11-19(28-2)22(18)30-4)8-9-20(25)24-17(13-21(26)29-3)15-6-5-7-16(23)12-15/h5-7,10-12,17H,8-9,13H2,1-4H3,(H,24,25). The van der Waals surface area contributed by atoms with Gasteiger partial charge in [-0.05, 0) is 41.8 Å². The van der Waals surface area contributed by atoms with Crippen LogP contribution in [0.2, 0.25) is 0 Å². The van der Waals surface area contributed by atoms with Crippen LogP contribution in [-0.4, -0.2) is 40.3 Å². The molecule has 1 N–H and O–H groups in total. The highest BCUT2D eigenvalue weighted by molar-refractivity contribution is 9.10. The van der Waals surface area contributed by atoms with Crippen molar-refractivity contribution in [1.29, 1.82) is 0 Å². The number of rotatable bonds is 10. The third kappa shape index (κ3) is 6.38. The fraction of sp³-hybridized carbons (Fsp3) is 0.364. The number of halogens is 1. The number of hydrogen-bond donors (Lipinski definition) is 1. The van der Waals surface area contributed by atoms with Crippen molar-refractivity contribution < 1.29 is 28.5 Å². The molecular formula is C22H26BrNO6. The Bertz CT molecular complexity index is 861. The smallest absolute Gasteiger partial charge is 0.307 e. The van der Waals surface area contributed by atoms with Crippen LogP contribution in [0.3, 0.4) is 0 Å². The van der Waals surface area contributed by atoms with E-state index in [1.165, 1.54) is 14.2 Å². The molecule has 30 heavy (non-hydrogen) atoms. The van der Waals surface area contributed by atoms with Gasteiger partial charge in [-0.25, -0.2) is 0 Å². The predicted molar refractivity (Wildman–Crippen MR) is 116 cm³/mol. The van der Waals surface area contributed by atoms with Gasteiger partial charge in [-0.2, -0.15) is 0 Å². The molecule has 0 bridgehead atoms. The average Bonchev–Trinajstić information content (AvgIpc) is 2.76. The summed E-state index contributed by atoms with van der Waals surface area (Å²) in [5, 5.41) is 2.93. The van der Waals surface area contributed by atoms with Crippen LogP contribution in [0.25, 0.3) is 0 Å². The molecule has 8 heteroatoms. The number of methoxy groups -OCH3 is 4. The average molecular weight is 480 g/mol. The Hall–Kier alpha value is -2.74. The van der Waals surface area contributed by atoms with E-state index in [1.54, 1.807) is 14.2 Å². The maximum absolute atomic E-state index is 12.6. The molecule has 0 aliphatic rings. The van der Waals surface area contributed by atoms with E-state index >= 15 is 0 Å². The Morgan fingerprint density at radius 2 is 1.67 bits per heavy atom. The quantitative estimate of drug-likeness (QED) is 0.521. The number of aryl methyl sites for hydroxylation is 1. The molecular weight excluding hydrogens is 454 g/mol. The van der Waals surface area contributed by atoms with Crippen molar-refractivity contribution in [3.8, 4) is 17.2 Å². The zero-order valence-electron chi connectivity index (χ0n) is 17.5. The van der Waals surface area contributed by atoms with E-state index in [9.17, 15) is 9.59 Å². The van der Waals surface area contributed by atoms with Crippen molar-refractivity contribution in [3.05, 3.63) is 52.0 Å². The Kier molecular flexibility index (Phi) is 8.98. The summed E-state index contributed by atoms with van der Waals surface area (Å²) in [6.07, 6.45) is 0.735. The lowest BCUT2D eigenvalue weighted by Crippen LogP contribution is -2.30. The summed E-state index contributed by atoms with van der Waals surface area (Å²) < 4.78 is 21.7. The number of esters is 1. The molecule has 7 nitrogen and oxygen atoms in total. The van der Waals surface area contributed by atoms with Gasteiger partial charge in [0, 0.05) is 10.9 Å². The fourth-order valence-corrected chi connectivity index (χ4v) is 3.45. The van der Waals surface area contributed by atoms with E-state index in [4.69, 9.17) is 18.9 Å². The Balaban J connectivity index is 2.11. The largest absolute Gasteiger partial charge is 0.493 e. The summed E-state index contributed by atoms with van der Waals surface area (Å²) in [5.74, 6) is 0.985. The summed E-state index contributed by atoms with van der Waals surface area (Å²) in [6.45, 7) is 0. The van der Waals surface area contributed by atoms with E-state index in [1.807, 2.05) is 36.4 Å². The van der Waals surface area contributed by atoms with Gasteiger partial charge in [0.15, 0.2) is 11.5 Å². The maximum atomic E-state index is 12.6. The van der Waals surface area contributed by atoms with Gasteiger partial charge in [0.25, 0.3) is 0 Å². The van der Waals surface area contributed by atoms with Gasteiger partial charge in [0.2, 0.25) is 11.7 Å². The molecule has 0 saturated heterocycles. The van der Waals surface area contributed by atoms with Crippen molar-refractivity contribution in [1.82, 2.24) is 5.32 Å². The van der Waals surface area contributed by atoms with E-state index in [0.717, 1.165) is 15.6 Å². The molecule has 2 aromatic carbocycles. The van der Waals surface area contributed by atoms with Gasteiger partial charge >= 0.3 is 5.97 Å². The highest BCUT2D eigenvalue weighted by Gasteiger charge is 2.20.